The molecule has 1 aromatic carbocycles. The van der Waals surface area contributed by atoms with Gasteiger partial charge < -0.3 is 14.7 Å². The van der Waals surface area contributed by atoms with E-state index in [1.807, 2.05) is 34.1 Å². The number of hydrogen-bond acceptors (Lipinski definition) is 4. The van der Waals surface area contributed by atoms with Crippen LogP contribution in [0.2, 0.25) is 0 Å². The molecule has 0 unspecified atom stereocenters. The molecule has 4 rings (SSSR count). The van der Waals surface area contributed by atoms with Gasteiger partial charge in [0.1, 0.15) is 5.82 Å². The highest BCUT2D eigenvalue weighted by Crippen LogP contribution is 2.22. The normalized spacial score (nSPS) is 17.6. The molecule has 6 heteroatoms. The van der Waals surface area contributed by atoms with Crippen molar-refractivity contribution in [3.63, 3.8) is 0 Å². The highest BCUT2D eigenvalue weighted by molar-refractivity contribution is 5.84. The summed E-state index contributed by atoms with van der Waals surface area (Å²) < 4.78 is 0. The molecule has 2 aliphatic rings. The van der Waals surface area contributed by atoms with Crippen LogP contribution in [0.4, 0.5) is 5.82 Å². The summed E-state index contributed by atoms with van der Waals surface area (Å²) in [5, 5.41) is 0. The molecule has 0 spiro atoms. The van der Waals surface area contributed by atoms with Crippen molar-refractivity contribution in [1.29, 1.82) is 0 Å². The van der Waals surface area contributed by atoms with Gasteiger partial charge in [-0.25, -0.2) is 4.98 Å². The molecular formula is C25H32N4O2. The number of piperidine rings is 1. The Bertz CT molecular complexity index is 842. The number of nitrogens with zero attached hydrogens (tertiary/aromatic N) is 4. The summed E-state index contributed by atoms with van der Waals surface area (Å²) in [6.07, 6.45) is 5.61. The minimum Gasteiger partial charge on any atom is -0.353 e. The molecule has 0 aliphatic carbocycles. The monoisotopic (exact) mass is 420 g/mol. The van der Waals surface area contributed by atoms with Crippen molar-refractivity contribution in [3.8, 4) is 0 Å². The van der Waals surface area contributed by atoms with Gasteiger partial charge in [0.05, 0.1) is 0 Å². The van der Waals surface area contributed by atoms with Gasteiger partial charge in [0.25, 0.3) is 0 Å². The van der Waals surface area contributed by atoms with Crippen LogP contribution in [0.5, 0.6) is 0 Å². The number of carbonyl (C=O) groups is 2. The van der Waals surface area contributed by atoms with E-state index in [0.717, 1.165) is 51.3 Å². The molecule has 0 radical (unpaired) electrons. The maximum absolute atomic E-state index is 12.6. The van der Waals surface area contributed by atoms with Crippen molar-refractivity contribution in [2.75, 3.05) is 44.2 Å². The molecule has 6 nitrogen and oxygen atoms in total. The summed E-state index contributed by atoms with van der Waals surface area (Å²) in [5.41, 5.74) is 1.38. The predicted octanol–water partition coefficient (Wildman–Crippen LogP) is 2.99. The number of carbonyl (C=O) groups excluding carboxylic acids is 2. The maximum atomic E-state index is 12.6. The maximum Gasteiger partial charge on any atom is 0.223 e. The highest BCUT2D eigenvalue weighted by Gasteiger charge is 2.25. The van der Waals surface area contributed by atoms with Gasteiger partial charge in [-0.3, -0.25) is 9.59 Å². The van der Waals surface area contributed by atoms with Crippen molar-refractivity contribution in [3.05, 3.63) is 60.3 Å². The minimum absolute atomic E-state index is 0.0907. The first-order valence-electron chi connectivity index (χ1n) is 11.4. The zero-order chi connectivity index (χ0) is 21.5. The fourth-order valence-corrected chi connectivity index (χ4v) is 4.59. The van der Waals surface area contributed by atoms with Crippen LogP contribution in [0.25, 0.3) is 0 Å². The highest BCUT2D eigenvalue weighted by atomic mass is 16.2. The van der Waals surface area contributed by atoms with Gasteiger partial charge in [-0.15, -0.1) is 0 Å². The lowest BCUT2D eigenvalue weighted by molar-refractivity contribution is -0.138. The zero-order valence-corrected chi connectivity index (χ0v) is 18.2. The second-order valence-corrected chi connectivity index (χ2v) is 8.57. The van der Waals surface area contributed by atoms with Crippen LogP contribution in [0, 0.1) is 5.92 Å². The van der Waals surface area contributed by atoms with Crippen molar-refractivity contribution in [2.45, 2.75) is 32.1 Å². The van der Waals surface area contributed by atoms with Gasteiger partial charge in [0.15, 0.2) is 0 Å². The first-order chi connectivity index (χ1) is 15.2. The Morgan fingerprint density at radius 1 is 0.774 bits per heavy atom. The number of pyridine rings is 1. The van der Waals surface area contributed by atoms with E-state index in [4.69, 9.17) is 0 Å². The number of amides is 2. The van der Waals surface area contributed by atoms with E-state index in [2.05, 4.69) is 34.1 Å². The summed E-state index contributed by atoms with van der Waals surface area (Å²) in [6, 6.07) is 16.5. The first-order valence-corrected chi connectivity index (χ1v) is 11.4. The SMILES string of the molecule is O=C(CCC(=O)N1CCN(c2ccccn2)CC1)N1CCC(Cc2ccccc2)CC1. The van der Waals surface area contributed by atoms with E-state index in [1.165, 1.54) is 5.56 Å². The Hall–Kier alpha value is -2.89. The fourth-order valence-electron chi connectivity index (χ4n) is 4.59. The van der Waals surface area contributed by atoms with Gasteiger partial charge in [-0.1, -0.05) is 36.4 Å². The molecule has 2 saturated heterocycles. The van der Waals surface area contributed by atoms with Gasteiger partial charge in [0.2, 0.25) is 11.8 Å². The Labute approximate surface area is 184 Å². The van der Waals surface area contributed by atoms with Gasteiger partial charge in [-0.05, 0) is 42.9 Å². The van der Waals surface area contributed by atoms with Gasteiger partial charge in [0, 0.05) is 58.3 Å². The largest absolute Gasteiger partial charge is 0.353 e. The van der Waals surface area contributed by atoms with Crippen molar-refractivity contribution >= 4 is 17.6 Å². The molecule has 1 aromatic heterocycles. The molecule has 164 valence electrons. The number of rotatable bonds is 6. The smallest absolute Gasteiger partial charge is 0.223 e. The van der Waals surface area contributed by atoms with Crippen LogP contribution in [0.3, 0.4) is 0 Å². The third-order valence-corrected chi connectivity index (χ3v) is 6.49. The number of benzene rings is 1. The zero-order valence-electron chi connectivity index (χ0n) is 18.2. The quantitative estimate of drug-likeness (QED) is 0.721. The lowest BCUT2D eigenvalue weighted by atomic mass is 9.90. The second-order valence-electron chi connectivity index (χ2n) is 8.57. The molecule has 31 heavy (non-hydrogen) atoms. The Morgan fingerprint density at radius 2 is 1.39 bits per heavy atom. The van der Waals surface area contributed by atoms with E-state index in [0.29, 0.717) is 31.8 Å². The van der Waals surface area contributed by atoms with E-state index >= 15 is 0 Å². The lowest BCUT2D eigenvalue weighted by Crippen LogP contribution is -2.49. The van der Waals surface area contributed by atoms with Crippen molar-refractivity contribution in [2.24, 2.45) is 5.92 Å². The first kappa shape index (κ1) is 21.3. The van der Waals surface area contributed by atoms with E-state index in [-0.39, 0.29) is 11.8 Å². The summed E-state index contributed by atoms with van der Waals surface area (Å²) in [4.78, 5) is 35.7. The van der Waals surface area contributed by atoms with Crippen LogP contribution >= 0.6 is 0 Å². The minimum atomic E-state index is 0.0907. The summed E-state index contributed by atoms with van der Waals surface area (Å²) in [6.45, 7) is 4.57. The average Bonchev–Trinajstić information content (AvgIpc) is 2.84. The van der Waals surface area contributed by atoms with Crippen molar-refractivity contribution < 1.29 is 9.59 Å². The topological polar surface area (TPSA) is 56.8 Å². The summed E-state index contributed by atoms with van der Waals surface area (Å²) in [5.74, 6) is 1.82. The van der Waals surface area contributed by atoms with E-state index in [1.54, 1.807) is 6.20 Å². The Kier molecular flexibility index (Phi) is 7.18. The number of aromatic nitrogens is 1. The number of piperazine rings is 1. The lowest BCUT2D eigenvalue weighted by Gasteiger charge is -2.35. The number of hydrogen-bond donors (Lipinski definition) is 0. The summed E-state index contributed by atoms with van der Waals surface area (Å²) in [7, 11) is 0. The van der Waals surface area contributed by atoms with Crippen LogP contribution in [-0.2, 0) is 16.0 Å². The standard InChI is InChI=1S/C25H32N4O2/c30-24(28-14-11-22(12-15-28)20-21-6-2-1-3-7-21)9-10-25(31)29-18-16-27(17-19-29)23-8-4-5-13-26-23/h1-8,13,22H,9-12,14-20H2. The number of anilines is 1. The van der Waals surface area contributed by atoms with E-state index in [9.17, 15) is 9.59 Å². The third kappa shape index (κ3) is 5.84. The molecule has 2 aliphatic heterocycles. The molecule has 3 heterocycles. The third-order valence-electron chi connectivity index (χ3n) is 6.49. The molecule has 2 amide bonds. The van der Waals surface area contributed by atoms with Gasteiger partial charge >= 0.3 is 0 Å². The van der Waals surface area contributed by atoms with Gasteiger partial charge in [-0.2, -0.15) is 0 Å². The van der Waals surface area contributed by atoms with Crippen molar-refractivity contribution in [1.82, 2.24) is 14.8 Å². The Balaban J connectivity index is 1.15. The predicted molar refractivity (Wildman–Crippen MR) is 122 cm³/mol. The fraction of sp³-hybridized carbons (Fsp3) is 0.480. The molecule has 2 fully saturated rings. The molecule has 0 saturated carbocycles. The molecule has 0 bridgehead atoms. The van der Waals surface area contributed by atoms with Crippen LogP contribution in [0.15, 0.2) is 54.7 Å². The molecule has 0 atom stereocenters. The second kappa shape index (κ2) is 10.4. The summed E-state index contributed by atoms with van der Waals surface area (Å²) >= 11 is 0. The van der Waals surface area contributed by atoms with Crippen LogP contribution < -0.4 is 4.90 Å². The molecule has 0 N–H and O–H groups in total. The van der Waals surface area contributed by atoms with Crippen LogP contribution in [-0.4, -0.2) is 65.9 Å². The molecular weight excluding hydrogens is 388 g/mol. The Morgan fingerprint density at radius 3 is 2.00 bits per heavy atom. The van der Waals surface area contributed by atoms with E-state index < -0.39 is 0 Å². The molecule has 2 aromatic rings. The van der Waals surface area contributed by atoms with Crippen LogP contribution in [0.1, 0.15) is 31.2 Å². The average molecular weight is 421 g/mol. The number of likely N-dealkylation sites (tertiary alicyclic amines) is 1.